The molecule has 84 valence electrons. The van der Waals surface area contributed by atoms with Gasteiger partial charge < -0.3 is 14.2 Å². The highest BCUT2D eigenvalue weighted by Gasteiger charge is 2.45. The molecule has 0 unspecified atom stereocenters. The van der Waals surface area contributed by atoms with Crippen molar-refractivity contribution in [2.75, 3.05) is 6.54 Å². The Kier molecular flexibility index (Phi) is 2.69. The number of furan rings is 1. The van der Waals surface area contributed by atoms with Crippen molar-refractivity contribution >= 4 is 5.91 Å². The summed E-state index contributed by atoms with van der Waals surface area (Å²) in [6.07, 6.45) is 3.13. The van der Waals surface area contributed by atoms with Gasteiger partial charge in [0.25, 0.3) is 0 Å². The van der Waals surface area contributed by atoms with Crippen molar-refractivity contribution in [2.24, 2.45) is 0 Å². The number of carbonyl (C=O) groups is 1. The van der Waals surface area contributed by atoms with Crippen LogP contribution in [0.5, 0.6) is 0 Å². The quantitative estimate of drug-likeness (QED) is 0.713. The van der Waals surface area contributed by atoms with E-state index in [0.717, 1.165) is 12.2 Å². The van der Waals surface area contributed by atoms with Gasteiger partial charge in [0.2, 0.25) is 0 Å². The van der Waals surface area contributed by atoms with Crippen LogP contribution in [0.2, 0.25) is 0 Å². The Labute approximate surface area is 94.7 Å². The second-order valence-electron chi connectivity index (χ2n) is 4.30. The lowest BCUT2D eigenvalue weighted by Gasteiger charge is -2.31. The number of rotatable bonds is 2. The zero-order valence-electron chi connectivity index (χ0n) is 9.27. The van der Waals surface area contributed by atoms with E-state index in [4.69, 9.17) is 11.0 Å². The molecule has 1 amide bonds. The first kappa shape index (κ1) is 10.7. The maximum atomic E-state index is 12.1. The second-order valence-corrected chi connectivity index (χ2v) is 4.30. The number of nitrogens with zero attached hydrogens (tertiary/aromatic N) is 2. The summed E-state index contributed by atoms with van der Waals surface area (Å²) < 4.78 is 5.22. The molecular formula is C12H14N2O2. The van der Waals surface area contributed by atoms with Gasteiger partial charge in [0.1, 0.15) is 5.76 Å². The molecule has 2 heterocycles. The lowest BCUT2D eigenvalue weighted by molar-refractivity contribution is -0.138. The first-order chi connectivity index (χ1) is 7.65. The summed E-state index contributed by atoms with van der Waals surface area (Å²) in [5.74, 6) is 0.688. The Bertz CT molecular complexity index is 419. The van der Waals surface area contributed by atoms with Gasteiger partial charge >= 0.3 is 11.4 Å². The molecule has 2 rings (SSSR count). The van der Waals surface area contributed by atoms with Crippen LogP contribution in [0.3, 0.4) is 0 Å². The number of hydrogen-bond donors (Lipinski definition) is 0. The van der Waals surface area contributed by atoms with Crippen molar-refractivity contribution in [2.45, 2.75) is 31.8 Å². The third kappa shape index (κ3) is 1.81. The number of hydrogen-bond acceptors (Lipinski definition) is 2. The van der Waals surface area contributed by atoms with E-state index < -0.39 is 5.54 Å². The molecule has 0 aromatic carbocycles. The zero-order valence-corrected chi connectivity index (χ0v) is 9.27. The van der Waals surface area contributed by atoms with Crippen LogP contribution in [0.4, 0.5) is 0 Å². The van der Waals surface area contributed by atoms with Crippen LogP contribution in [0.15, 0.2) is 22.8 Å². The van der Waals surface area contributed by atoms with Crippen molar-refractivity contribution < 1.29 is 9.21 Å². The van der Waals surface area contributed by atoms with Crippen molar-refractivity contribution in [1.82, 2.24) is 4.90 Å². The molecule has 1 aliphatic heterocycles. The average molecular weight is 218 g/mol. The van der Waals surface area contributed by atoms with E-state index in [1.54, 1.807) is 24.2 Å². The van der Waals surface area contributed by atoms with Crippen LogP contribution >= 0.6 is 0 Å². The summed E-state index contributed by atoms with van der Waals surface area (Å²) in [7, 11) is 0. The van der Waals surface area contributed by atoms with Gasteiger partial charge in [-0.05, 0) is 18.6 Å². The third-order valence-electron chi connectivity index (χ3n) is 3.01. The average Bonchev–Trinajstić information content (AvgIpc) is 2.78. The molecule has 4 nitrogen and oxygen atoms in total. The number of likely N-dealkylation sites (tertiary alicyclic amines) is 1. The molecule has 0 bridgehead atoms. The highest BCUT2D eigenvalue weighted by molar-refractivity contribution is 5.88. The van der Waals surface area contributed by atoms with Gasteiger partial charge in [0.15, 0.2) is 0 Å². The maximum absolute atomic E-state index is 12.1. The van der Waals surface area contributed by atoms with Gasteiger partial charge in [0, 0.05) is 19.9 Å². The smallest absolute Gasteiger partial charge is 0.308 e. The summed E-state index contributed by atoms with van der Waals surface area (Å²) in [4.78, 5) is 17.3. The van der Waals surface area contributed by atoms with E-state index in [2.05, 4.69) is 4.85 Å². The van der Waals surface area contributed by atoms with E-state index >= 15 is 0 Å². The molecule has 1 fully saturated rings. The highest BCUT2D eigenvalue weighted by atomic mass is 16.3. The fraction of sp³-hybridized carbons (Fsp3) is 0.500. The first-order valence-corrected chi connectivity index (χ1v) is 5.36. The molecule has 0 spiro atoms. The molecule has 1 saturated heterocycles. The molecule has 1 aromatic rings. The van der Waals surface area contributed by atoms with Gasteiger partial charge in [-0.1, -0.05) is 0 Å². The molecule has 0 saturated carbocycles. The van der Waals surface area contributed by atoms with Gasteiger partial charge in [-0.3, -0.25) is 4.79 Å². The second kappa shape index (κ2) is 4.01. The third-order valence-corrected chi connectivity index (χ3v) is 3.01. The molecule has 4 heteroatoms. The summed E-state index contributed by atoms with van der Waals surface area (Å²) in [6, 6.07) is 3.65. The monoisotopic (exact) mass is 218 g/mol. The molecule has 1 aromatic heterocycles. The molecule has 0 radical (unpaired) electrons. The molecule has 0 N–H and O–H groups in total. The van der Waals surface area contributed by atoms with Crippen LogP contribution < -0.4 is 0 Å². The lowest BCUT2D eigenvalue weighted by Crippen LogP contribution is -2.49. The Balaban J connectivity index is 2.12. The van der Waals surface area contributed by atoms with E-state index in [1.165, 1.54) is 0 Å². The number of carbonyl (C=O) groups excluding carboxylic acids is 1. The van der Waals surface area contributed by atoms with Gasteiger partial charge in [-0.2, -0.15) is 0 Å². The van der Waals surface area contributed by atoms with E-state index in [-0.39, 0.29) is 5.91 Å². The fourth-order valence-corrected chi connectivity index (χ4v) is 2.01. The normalized spacial score (nSPS) is 25.5. The molecule has 16 heavy (non-hydrogen) atoms. The SMILES string of the molecule is [C-]#[N+][C@]1(C)CCCN(Cc2ccco2)C1=O. The summed E-state index contributed by atoms with van der Waals surface area (Å²) in [5.41, 5.74) is -0.870. The predicted octanol–water partition coefficient (Wildman–Crippen LogP) is 2.08. The zero-order chi connectivity index (χ0) is 11.6. The minimum atomic E-state index is -0.870. The Hall–Kier alpha value is -1.76. The minimum absolute atomic E-state index is 0.0786. The van der Waals surface area contributed by atoms with Crippen molar-refractivity contribution in [3.05, 3.63) is 35.6 Å². The van der Waals surface area contributed by atoms with Crippen LogP contribution in [-0.4, -0.2) is 22.9 Å². The Morgan fingerprint density at radius 2 is 2.50 bits per heavy atom. The molecule has 1 atom stereocenters. The van der Waals surface area contributed by atoms with E-state index in [1.807, 2.05) is 6.07 Å². The van der Waals surface area contributed by atoms with Crippen molar-refractivity contribution in [3.63, 3.8) is 0 Å². The Morgan fingerprint density at radius 1 is 1.69 bits per heavy atom. The highest BCUT2D eigenvalue weighted by Crippen LogP contribution is 2.27. The summed E-state index contributed by atoms with van der Waals surface area (Å²) >= 11 is 0. The van der Waals surface area contributed by atoms with Crippen LogP contribution in [0, 0.1) is 6.57 Å². The van der Waals surface area contributed by atoms with E-state index in [9.17, 15) is 4.79 Å². The van der Waals surface area contributed by atoms with Crippen LogP contribution in [0.1, 0.15) is 25.5 Å². The van der Waals surface area contributed by atoms with Crippen molar-refractivity contribution in [3.8, 4) is 0 Å². The Morgan fingerprint density at radius 3 is 3.12 bits per heavy atom. The standard InChI is InChI=1S/C12H14N2O2/c1-12(13-2)6-4-7-14(11(12)15)9-10-5-3-8-16-10/h3,5,8H,4,6-7,9H2,1H3/t12-/m1/s1. The lowest BCUT2D eigenvalue weighted by atomic mass is 9.91. The predicted molar refractivity (Wildman–Crippen MR) is 58.4 cm³/mol. The van der Waals surface area contributed by atoms with E-state index in [0.29, 0.717) is 19.5 Å². The summed E-state index contributed by atoms with van der Waals surface area (Å²) in [5, 5.41) is 0. The van der Waals surface area contributed by atoms with Crippen LogP contribution in [0.25, 0.3) is 4.85 Å². The van der Waals surface area contributed by atoms with Gasteiger partial charge in [0.05, 0.1) is 12.8 Å². The van der Waals surface area contributed by atoms with Gasteiger partial charge in [-0.25, -0.2) is 6.57 Å². The number of amides is 1. The molecule has 1 aliphatic rings. The molecular weight excluding hydrogens is 204 g/mol. The largest absolute Gasteiger partial charge is 0.467 e. The minimum Gasteiger partial charge on any atom is -0.467 e. The summed E-state index contributed by atoms with van der Waals surface area (Å²) in [6.45, 7) is 10.0. The topological polar surface area (TPSA) is 37.8 Å². The molecule has 0 aliphatic carbocycles. The maximum Gasteiger partial charge on any atom is 0.308 e. The first-order valence-electron chi connectivity index (χ1n) is 5.36. The van der Waals surface area contributed by atoms with Crippen LogP contribution in [-0.2, 0) is 11.3 Å². The number of piperidine rings is 1. The van der Waals surface area contributed by atoms with Crippen molar-refractivity contribution in [1.29, 1.82) is 0 Å². The fourth-order valence-electron chi connectivity index (χ4n) is 2.01. The van der Waals surface area contributed by atoms with Gasteiger partial charge in [-0.15, -0.1) is 0 Å².